The lowest BCUT2D eigenvalue weighted by atomic mass is 10.1. The van der Waals surface area contributed by atoms with Gasteiger partial charge in [0.05, 0.1) is 36.6 Å². The average molecular weight is 373 g/mol. The van der Waals surface area contributed by atoms with Gasteiger partial charge in [0.1, 0.15) is 10.6 Å². The number of thiazole rings is 1. The maximum absolute atomic E-state index is 12.6. The third-order valence-electron chi connectivity index (χ3n) is 3.76. The molecule has 3 heterocycles. The van der Waals surface area contributed by atoms with Crippen LogP contribution in [0.15, 0.2) is 20.3 Å². The van der Waals surface area contributed by atoms with Crippen molar-refractivity contribution in [1.82, 2.24) is 14.9 Å². The van der Waals surface area contributed by atoms with E-state index in [0.717, 1.165) is 5.69 Å². The molecular formula is C14H19N3O5S2. The summed E-state index contributed by atoms with van der Waals surface area (Å²) in [7, 11) is -3.76. The molecule has 0 unspecified atom stereocenters. The van der Waals surface area contributed by atoms with Crippen molar-refractivity contribution in [2.45, 2.75) is 43.9 Å². The monoisotopic (exact) mass is 373 g/mol. The van der Waals surface area contributed by atoms with Gasteiger partial charge >= 0.3 is 0 Å². The fourth-order valence-corrected chi connectivity index (χ4v) is 4.77. The van der Waals surface area contributed by atoms with E-state index in [1.165, 1.54) is 11.3 Å². The third kappa shape index (κ3) is 3.83. The Morgan fingerprint density at radius 3 is 2.96 bits per heavy atom. The van der Waals surface area contributed by atoms with Gasteiger partial charge in [-0.1, -0.05) is 5.16 Å². The molecule has 0 aromatic carbocycles. The highest BCUT2D eigenvalue weighted by molar-refractivity contribution is 7.89. The molecule has 0 aliphatic carbocycles. The Morgan fingerprint density at radius 1 is 1.46 bits per heavy atom. The van der Waals surface area contributed by atoms with Gasteiger partial charge in [0.2, 0.25) is 10.0 Å². The van der Waals surface area contributed by atoms with E-state index in [0.29, 0.717) is 25.3 Å². The number of ether oxygens (including phenoxy) is 2. The van der Waals surface area contributed by atoms with E-state index < -0.39 is 16.1 Å². The van der Waals surface area contributed by atoms with Crippen LogP contribution in [-0.2, 0) is 26.1 Å². The van der Waals surface area contributed by atoms with Gasteiger partial charge in [0.15, 0.2) is 5.76 Å². The summed E-state index contributed by atoms with van der Waals surface area (Å²) in [5, 5.41) is 5.61. The van der Waals surface area contributed by atoms with Crippen LogP contribution in [0.5, 0.6) is 0 Å². The molecule has 8 nitrogen and oxygen atoms in total. The summed E-state index contributed by atoms with van der Waals surface area (Å²) in [6.45, 7) is 4.30. The van der Waals surface area contributed by atoms with Gasteiger partial charge < -0.3 is 14.0 Å². The second-order valence-electron chi connectivity index (χ2n) is 5.57. The number of nitrogens with zero attached hydrogens (tertiary/aromatic N) is 2. The zero-order chi connectivity index (χ0) is 17.2. The van der Waals surface area contributed by atoms with E-state index in [-0.39, 0.29) is 23.4 Å². The van der Waals surface area contributed by atoms with Crippen molar-refractivity contribution in [3.63, 3.8) is 0 Å². The fourth-order valence-electron chi connectivity index (χ4n) is 2.65. The Kier molecular flexibility index (Phi) is 5.30. The summed E-state index contributed by atoms with van der Waals surface area (Å²) in [5.41, 5.74) is 2.90. The zero-order valence-electron chi connectivity index (χ0n) is 13.4. The van der Waals surface area contributed by atoms with Crippen molar-refractivity contribution in [2.24, 2.45) is 0 Å². The van der Waals surface area contributed by atoms with E-state index in [1.807, 2.05) is 5.38 Å². The van der Waals surface area contributed by atoms with Crippen LogP contribution in [-0.4, -0.2) is 43.9 Å². The molecule has 24 heavy (non-hydrogen) atoms. The number of hydrogen-bond donors (Lipinski definition) is 1. The largest absolute Gasteiger partial charge is 0.380 e. The van der Waals surface area contributed by atoms with Crippen molar-refractivity contribution in [3.8, 4) is 0 Å². The number of aryl methyl sites for hydroxylation is 2. The molecule has 2 aromatic heterocycles. The maximum atomic E-state index is 12.6. The number of aromatic nitrogens is 2. The van der Waals surface area contributed by atoms with Gasteiger partial charge in [-0.05, 0) is 20.3 Å². The van der Waals surface area contributed by atoms with E-state index in [9.17, 15) is 8.42 Å². The molecule has 0 saturated carbocycles. The lowest BCUT2D eigenvalue weighted by Gasteiger charge is -2.31. The maximum Gasteiger partial charge on any atom is 0.246 e. The minimum atomic E-state index is -3.76. The SMILES string of the molecule is Cc1noc(C)c1S(=O)(=O)N[C@@H]1COCC[C@@H]1OCc1cscn1. The predicted octanol–water partition coefficient (Wildman–Crippen LogP) is 1.40. The smallest absolute Gasteiger partial charge is 0.246 e. The zero-order valence-corrected chi connectivity index (χ0v) is 15.0. The van der Waals surface area contributed by atoms with Crippen molar-refractivity contribution < 1.29 is 22.4 Å². The first-order valence-electron chi connectivity index (χ1n) is 7.49. The Morgan fingerprint density at radius 2 is 2.29 bits per heavy atom. The van der Waals surface area contributed by atoms with Gasteiger partial charge in [0, 0.05) is 12.0 Å². The van der Waals surface area contributed by atoms with Crippen LogP contribution in [0.1, 0.15) is 23.6 Å². The molecule has 3 rings (SSSR count). The van der Waals surface area contributed by atoms with Crippen LogP contribution >= 0.6 is 11.3 Å². The molecule has 132 valence electrons. The first-order chi connectivity index (χ1) is 11.5. The van der Waals surface area contributed by atoms with Crippen molar-refractivity contribution in [1.29, 1.82) is 0 Å². The van der Waals surface area contributed by atoms with Crippen LogP contribution < -0.4 is 4.72 Å². The molecule has 1 saturated heterocycles. The number of sulfonamides is 1. The summed E-state index contributed by atoms with van der Waals surface area (Å²) < 4.78 is 44.2. The molecule has 1 N–H and O–H groups in total. The second kappa shape index (κ2) is 7.28. The standard InChI is InChI=1S/C14H19N3O5S2/c1-9-14(10(2)22-16-9)24(18,19)17-12-6-20-4-3-13(12)21-5-11-7-23-8-15-11/h7-8,12-13,17H,3-6H2,1-2H3/t12-,13+/m1/s1. The van der Waals surface area contributed by atoms with E-state index in [4.69, 9.17) is 14.0 Å². The first kappa shape index (κ1) is 17.5. The quantitative estimate of drug-likeness (QED) is 0.816. The first-order valence-corrected chi connectivity index (χ1v) is 9.91. The van der Waals surface area contributed by atoms with Crippen LogP contribution in [0.3, 0.4) is 0 Å². The molecule has 10 heteroatoms. The Labute approximate surface area is 144 Å². The lowest BCUT2D eigenvalue weighted by molar-refractivity contribution is -0.0578. The highest BCUT2D eigenvalue weighted by Gasteiger charge is 2.33. The summed E-state index contributed by atoms with van der Waals surface area (Å²) >= 11 is 1.49. The van der Waals surface area contributed by atoms with Gasteiger partial charge in [-0.25, -0.2) is 18.1 Å². The molecule has 1 fully saturated rings. The van der Waals surface area contributed by atoms with Crippen LogP contribution in [0.25, 0.3) is 0 Å². The summed E-state index contributed by atoms with van der Waals surface area (Å²) in [4.78, 5) is 4.24. The molecule has 0 bridgehead atoms. The molecule has 0 spiro atoms. The lowest BCUT2D eigenvalue weighted by Crippen LogP contribution is -2.50. The van der Waals surface area contributed by atoms with Gasteiger partial charge in [-0.2, -0.15) is 0 Å². The normalized spacial score (nSPS) is 21.9. The summed E-state index contributed by atoms with van der Waals surface area (Å²) in [6.07, 6.45) is 0.328. The highest BCUT2D eigenvalue weighted by Crippen LogP contribution is 2.21. The van der Waals surface area contributed by atoms with E-state index >= 15 is 0 Å². The Bertz CT molecular complexity index is 753. The highest BCUT2D eigenvalue weighted by atomic mass is 32.2. The molecule has 2 aromatic rings. The average Bonchev–Trinajstić information content (AvgIpc) is 3.16. The fraction of sp³-hybridized carbons (Fsp3) is 0.571. The minimum absolute atomic E-state index is 0.0753. The molecular weight excluding hydrogens is 354 g/mol. The summed E-state index contributed by atoms with van der Waals surface area (Å²) in [5.74, 6) is 0.261. The van der Waals surface area contributed by atoms with Crippen LogP contribution in [0.2, 0.25) is 0 Å². The van der Waals surface area contributed by atoms with Crippen LogP contribution in [0, 0.1) is 13.8 Å². The van der Waals surface area contributed by atoms with E-state index in [2.05, 4.69) is 14.9 Å². The van der Waals surface area contributed by atoms with Crippen LogP contribution in [0.4, 0.5) is 0 Å². The second-order valence-corrected chi connectivity index (χ2v) is 7.94. The van der Waals surface area contributed by atoms with Crippen molar-refractivity contribution in [3.05, 3.63) is 28.0 Å². The molecule has 0 amide bonds. The Balaban J connectivity index is 1.71. The Hall–Kier alpha value is -1.33. The van der Waals surface area contributed by atoms with Crippen molar-refractivity contribution >= 4 is 21.4 Å². The van der Waals surface area contributed by atoms with Gasteiger partial charge in [-0.3, -0.25) is 0 Å². The number of hydrogen-bond acceptors (Lipinski definition) is 8. The predicted molar refractivity (Wildman–Crippen MR) is 86.2 cm³/mol. The molecule has 1 aliphatic heterocycles. The van der Waals surface area contributed by atoms with Gasteiger partial charge in [-0.15, -0.1) is 11.3 Å². The topological polar surface area (TPSA) is 104 Å². The third-order valence-corrected chi connectivity index (χ3v) is 6.13. The molecule has 2 atom stereocenters. The molecule has 1 aliphatic rings. The van der Waals surface area contributed by atoms with Gasteiger partial charge in [0.25, 0.3) is 0 Å². The number of rotatable bonds is 6. The number of nitrogens with one attached hydrogen (secondary N) is 1. The minimum Gasteiger partial charge on any atom is -0.380 e. The summed E-state index contributed by atoms with van der Waals surface area (Å²) in [6, 6.07) is -0.476. The molecule has 0 radical (unpaired) electrons. The van der Waals surface area contributed by atoms with E-state index in [1.54, 1.807) is 19.4 Å². The van der Waals surface area contributed by atoms with Crippen molar-refractivity contribution in [2.75, 3.05) is 13.2 Å².